The van der Waals surface area contributed by atoms with Crippen molar-refractivity contribution in [3.05, 3.63) is 35.7 Å². The third-order valence-electron chi connectivity index (χ3n) is 2.28. The topological polar surface area (TPSA) is 96.5 Å². The maximum Gasteiger partial charge on any atom is 0.291 e. The van der Waals surface area contributed by atoms with E-state index in [0.717, 1.165) is 18.7 Å². The number of rotatable bonds is 5. The maximum absolute atomic E-state index is 11.7. The Kier molecular flexibility index (Phi) is 3.95. The van der Waals surface area contributed by atoms with Crippen molar-refractivity contribution in [2.75, 3.05) is 0 Å². The van der Waals surface area contributed by atoms with E-state index in [0.29, 0.717) is 12.2 Å². The quantitative estimate of drug-likeness (QED) is 0.799. The Morgan fingerprint density at radius 1 is 1.50 bits per heavy atom. The molecule has 7 nitrogen and oxygen atoms in total. The average Bonchev–Trinajstić information content (AvgIpc) is 2.86. The lowest BCUT2D eigenvalue weighted by molar-refractivity contribution is 0.0940. The zero-order valence-corrected chi connectivity index (χ0v) is 10.1. The van der Waals surface area contributed by atoms with Crippen LogP contribution in [0.4, 0.5) is 0 Å². The van der Waals surface area contributed by atoms with Gasteiger partial charge < -0.3 is 5.32 Å². The average molecular weight is 246 g/mol. The highest BCUT2D eigenvalue weighted by Gasteiger charge is 2.11. The molecule has 0 bridgehead atoms. The molecule has 2 rings (SSSR count). The molecule has 0 fully saturated rings. The Morgan fingerprint density at radius 2 is 2.39 bits per heavy atom. The van der Waals surface area contributed by atoms with Crippen molar-refractivity contribution in [2.45, 2.75) is 26.3 Å². The minimum atomic E-state index is -0.320. The van der Waals surface area contributed by atoms with Gasteiger partial charge in [-0.25, -0.2) is 4.98 Å². The number of carbonyl (C=O) groups excluding carboxylic acids is 1. The second-order valence-corrected chi connectivity index (χ2v) is 3.75. The van der Waals surface area contributed by atoms with E-state index in [4.69, 9.17) is 0 Å². The molecule has 2 aromatic rings. The minimum absolute atomic E-state index is 0.155. The number of carbonyl (C=O) groups is 1. The first-order valence-electron chi connectivity index (χ1n) is 5.75. The molecule has 2 heterocycles. The minimum Gasteiger partial charge on any atom is -0.344 e. The summed E-state index contributed by atoms with van der Waals surface area (Å²) in [5.74, 6) is 0.559. The molecule has 0 aromatic carbocycles. The summed E-state index contributed by atoms with van der Waals surface area (Å²) in [5, 5.41) is 16.9. The summed E-state index contributed by atoms with van der Waals surface area (Å²) in [6.45, 7) is 2.35. The highest BCUT2D eigenvalue weighted by molar-refractivity contribution is 5.90. The molecule has 0 aliphatic carbocycles. The van der Waals surface area contributed by atoms with Gasteiger partial charge in [0.05, 0.1) is 12.2 Å². The smallest absolute Gasteiger partial charge is 0.291 e. The standard InChI is InChI=1S/C11H14N6O/c1-2-4-9-14-10(17-16-9)11(18)12-7-8-5-3-6-13-15-8/h3,5-6H,2,4,7H2,1H3,(H,12,18)(H,14,16,17). The highest BCUT2D eigenvalue weighted by atomic mass is 16.2. The number of aromatic amines is 1. The molecule has 0 saturated heterocycles. The van der Waals surface area contributed by atoms with Gasteiger partial charge in [-0.3, -0.25) is 9.89 Å². The van der Waals surface area contributed by atoms with Gasteiger partial charge in [0.2, 0.25) is 5.82 Å². The van der Waals surface area contributed by atoms with Crippen molar-refractivity contribution < 1.29 is 4.79 Å². The molecule has 0 atom stereocenters. The molecule has 18 heavy (non-hydrogen) atoms. The fourth-order valence-electron chi connectivity index (χ4n) is 1.42. The number of hydrogen-bond acceptors (Lipinski definition) is 5. The zero-order valence-electron chi connectivity index (χ0n) is 10.1. The predicted molar refractivity (Wildman–Crippen MR) is 63.6 cm³/mol. The number of aryl methyl sites for hydroxylation is 1. The molecular weight excluding hydrogens is 232 g/mol. The zero-order chi connectivity index (χ0) is 12.8. The third kappa shape index (κ3) is 3.09. The van der Waals surface area contributed by atoms with Crippen LogP contribution in [0.15, 0.2) is 18.3 Å². The van der Waals surface area contributed by atoms with Crippen LogP contribution in [0.3, 0.4) is 0 Å². The van der Waals surface area contributed by atoms with Gasteiger partial charge in [0.15, 0.2) is 0 Å². The Hall–Kier alpha value is -2.31. The molecule has 2 aromatic heterocycles. The first kappa shape index (κ1) is 12.2. The van der Waals surface area contributed by atoms with Gasteiger partial charge in [0.25, 0.3) is 5.91 Å². The normalized spacial score (nSPS) is 10.3. The Balaban J connectivity index is 1.91. The number of nitrogens with zero attached hydrogens (tertiary/aromatic N) is 4. The fraction of sp³-hybridized carbons (Fsp3) is 0.364. The molecule has 94 valence electrons. The summed E-state index contributed by atoms with van der Waals surface area (Å²) < 4.78 is 0. The highest BCUT2D eigenvalue weighted by Crippen LogP contribution is 1.97. The maximum atomic E-state index is 11.7. The van der Waals surface area contributed by atoms with E-state index in [-0.39, 0.29) is 11.7 Å². The Morgan fingerprint density at radius 3 is 3.11 bits per heavy atom. The van der Waals surface area contributed by atoms with Crippen molar-refractivity contribution in [3.8, 4) is 0 Å². The molecule has 0 aliphatic rings. The Bertz CT molecular complexity index is 509. The molecule has 0 unspecified atom stereocenters. The largest absolute Gasteiger partial charge is 0.344 e. The van der Waals surface area contributed by atoms with Crippen LogP contribution in [0.25, 0.3) is 0 Å². The van der Waals surface area contributed by atoms with Crippen LogP contribution >= 0.6 is 0 Å². The molecule has 1 amide bonds. The second kappa shape index (κ2) is 5.85. The number of hydrogen-bond donors (Lipinski definition) is 2. The van der Waals surface area contributed by atoms with Crippen LogP contribution in [0.5, 0.6) is 0 Å². The molecule has 0 aliphatic heterocycles. The van der Waals surface area contributed by atoms with Gasteiger partial charge >= 0.3 is 0 Å². The summed E-state index contributed by atoms with van der Waals surface area (Å²) in [5.41, 5.74) is 0.690. The van der Waals surface area contributed by atoms with Crippen LogP contribution < -0.4 is 5.32 Å². The lowest BCUT2D eigenvalue weighted by Crippen LogP contribution is -2.24. The second-order valence-electron chi connectivity index (χ2n) is 3.75. The van der Waals surface area contributed by atoms with E-state index in [1.165, 1.54) is 0 Å². The van der Waals surface area contributed by atoms with E-state index in [1.54, 1.807) is 18.3 Å². The van der Waals surface area contributed by atoms with Gasteiger partial charge in [-0.1, -0.05) is 6.92 Å². The van der Waals surface area contributed by atoms with Crippen molar-refractivity contribution in [1.29, 1.82) is 0 Å². The van der Waals surface area contributed by atoms with Crippen molar-refractivity contribution in [1.82, 2.24) is 30.7 Å². The van der Waals surface area contributed by atoms with Gasteiger partial charge in [-0.2, -0.15) is 10.2 Å². The summed E-state index contributed by atoms with van der Waals surface area (Å²) in [6, 6.07) is 3.55. The van der Waals surface area contributed by atoms with Gasteiger partial charge in [-0.05, 0) is 18.6 Å². The predicted octanol–water partition coefficient (Wildman–Crippen LogP) is 0.477. The Labute approximate surface area is 104 Å². The van der Waals surface area contributed by atoms with Crippen LogP contribution in [0.2, 0.25) is 0 Å². The van der Waals surface area contributed by atoms with Gasteiger partial charge in [-0.15, -0.1) is 5.10 Å². The third-order valence-corrected chi connectivity index (χ3v) is 2.28. The summed E-state index contributed by atoms with van der Waals surface area (Å²) in [7, 11) is 0. The lowest BCUT2D eigenvalue weighted by atomic mass is 10.3. The SMILES string of the molecule is CCCc1nc(C(=O)NCc2cccnn2)n[nH]1. The summed E-state index contributed by atoms with van der Waals surface area (Å²) in [4.78, 5) is 15.8. The lowest BCUT2D eigenvalue weighted by Gasteiger charge is -2.00. The monoisotopic (exact) mass is 246 g/mol. The first-order valence-corrected chi connectivity index (χ1v) is 5.75. The first-order chi connectivity index (χ1) is 8.79. The number of nitrogens with one attached hydrogen (secondary N) is 2. The molecule has 2 N–H and O–H groups in total. The number of H-pyrrole nitrogens is 1. The molecule has 0 radical (unpaired) electrons. The molecule has 7 heteroatoms. The van der Waals surface area contributed by atoms with E-state index in [2.05, 4.69) is 30.7 Å². The molecular formula is C11H14N6O. The fourth-order valence-corrected chi connectivity index (χ4v) is 1.42. The van der Waals surface area contributed by atoms with E-state index < -0.39 is 0 Å². The van der Waals surface area contributed by atoms with Crippen LogP contribution in [0, 0.1) is 0 Å². The van der Waals surface area contributed by atoms with Gasteiger partial charge in [0.1, 0.15) is 5.82 Å². The summed E-state index contributed by atoms with van der Waals surface area (Å²) >= 11 is 0. The van der Waals surface area contributed by atoms with Gasteiger partial charge in [0, 0.05) is 12.6 Å². The van der Waals surface area contributed by atoms with Crippen molar-refractivity contribution in [3.63, 3.8) is 0 Å². The van der Waals surface area contributed by atoms with E-state index in [9.17, 15) is 4.79 Å². The summed E-state index contributed by atoms with van der Waals surface area (Å²) in [6.07, 6.45) is 3.32. The van der Waals surface area contributed by atoms with Crippen molar-refractivity contribution >= 4 is 5.91 Å². The van der Waals surface area contributed by atoms with Crippen LogP contribution in [-0.2, 0) is 13.0 Å². The van der Waals surface area contributed by atoms with E-state index in [1.807, 2.05) is 6.92 Å². The van der Waals surface area contributed by atoms with E-state index >= 15 is 0 Å². The van der Waals surface area contributed by atoms with Crippen LogP contribution in [-0.4, -0.2) is 31.3 Å². The van der Waals surface area contributed by atoms with Crippen LogP contribution in [0.1, 0.15) is 35.5 Å². The van der Waals surface area contributed by atoms with Crippen molar-refractivity contribution in [2.24, 2.45) is 0 Å². The number of amides is 1. The molecule has 0 saturated carbocycles. The number of aromatic nitrogens is 5. The molecule has 0 spiro atoms.